The summed E-state index contributed by atoms with van der Waals surface area (Å²) in [6.45, 7) is 1.64. The van der Waals surface area contributed by atoms with E-state index in [0.29, 0.717) is 47.4 Å². The van der Waals surface area contributed by atoms with E-state index < -0.39 is 6.10 Å². The van der Waals surface area contributed by atoms with Crippen LogP contribution < -0.4 is 10.1 Å². The fourth-order valence-corrected chi connectivity index (χ4v) is 4.84. The molecule has 2 aromatic heterocycles. The first kappa shape index (κ1) is 23.9. The van der Waals surface area contributed by atoms with E-state index in [-0.39, 0.29) is 11.9 Å². The summed E-state index contributed by atoms with van der Waals surface area (Å²) in [4.78, 5) is 28.5. The highest BCUT2D eigenvalue weighted by molar-refractivity contribution is 6.30. The minimum absolute atomic E-state index is 0.0573. The molecule has 8 nitrogen and oxygen atoms in total. The maximum Gasteiger partial charge on any atom is 0.266 e. The molecule has 38 heavy (non-hydrogen) atoms. The van der Waals surface area contributed by atoms with E-state index in [1.165, 1.54) is 6.33 Å². The topological polar surface area (TPSA) is 85.2 Å². The average molecular weight is 525 g/mol. The van der Waals surface area contributed by atoms with Crippen LogP contribution in [-0.4, -0.2) is 43.0 Å². The van der Waals surface area contributed by atoms with Crippen LogP contribution in [-0.2, 0) is 17.9 Å². The lowest BCUT2D eigenvalue weighted by Crippen LogP contribution is -2.61. The first-order valence-corrected chi connectivity index (χ1v) is 12.8. The van der Waals surface area contributed by atoms with E-state index in [1.807, 2.05) is 82.3 Å². The lowest BCUT2D eigenvalue weighted by atomic mass is 9.90. The maximum atomic E-state index is 13.2. The molecule has 1 fully saturated rings. The Morgan fingerprint density at radius 1 is 0.868 bits per heavy atom. The molecule has 0 aliphatic carbocycles. The van der Waals surface area contributed by atoms with E-state index in [4.69, 9.17) is 16.3 Å². The number of amides is 1. The van der Waals surface area contributed by atoms with Crippen LogP contribution in [0.2, 0.25) is 5.02 Å². The number of anilines is 1. The van der Waals surface area contributed by atoms with Crippen LogP contribution in [0.15, 0.2) is 97.6 Å². The Kier molecular flexibility index (Phi) is 6.62. The van der Waals surface area contributed by atoms with Gasteiger partial charge in [-0.25, -0.2) is 15.0 Å². The Hall–Kier alpha value is -4.43. The van der Waals surface area contributed by atoms with Crippen molar-refractivity contribution in [3.05, 3.63) is 114 Å². The van der Waals surface area contributed by atoms with Gasteiger partial charge < -0.3 is 19.5 Å². The second-order valence-corrected chi connectivity index (χ2v) is 9.49. The summed E-state index contributed by atoms with van der Waals surface area (Å²) >= 11 is 6.12. The molecule has 1 amide bonds. The molecule has 3 aromatic carbocycles. The molecule has 2 unspecified atom stereocenters. The summed E-state index contributed by atoms with van der Waals surface area (Å²) < 4.78 is 8.05. The first-order chi connectivity index (χ1) is 18.7. The van der Waals surface area contributed by atoms with Crippen LogP contribution >= 0.6 is 11.6 Å². The number of para-hydroxylation sites is 1. The third kappa shape index (κ3) is 4.78. The Morgan fingerprint density at radius 3 is 2.37 bits per heavy atom. The Labute approximate surface area is 224 Å². The first-order valence-electron chi connectivity index (χ1n) is 12.4. The van der Waals surface area contributed by atoms with Gasteiger partial charge in [-0.1, -0.05) is 72.3 Å². The summed E-state index contributed by atoms with van der Waals surface area (Å²) in [5.41, 5.74) is 3.53. The van der Waals surface area contributed by atoms with Crippen LogP contribution in [0, 0.1) is 0 Å². The summed E-state index contributed by atoms with van der Waals surface area (Å²) in [6.07, 6.45) is 2.67. The average Bonchev–Trinajstić information content (AvgIpc) is 3.38. The molecule has 3 heterocycles. The van der Waals surface area contributed by atoms with Crippen LogP contribution in [0.25, 0.3) is 11.2 Å². The quantitative estimate of drug-likeness (QED) is 0.269. The Bertz CT molecular complexity index is 1540. The number of aromatic nitrogens is 4. The minimum atomic E-state index is -0.603. The van der Waals surface area contributed by atoms with Crippen molar-refractivity contribution < 1.29 is 9.53 Å². The number of imidazole rings is 1. The summed E-state index contributed by atoms with van der Waals surface area (Å²) in [7, 11) is 0. The van der Waals surface area contributed by atoms with E-state index in [9.17, 15) is 4.79 Å². The highest BCUT2D eigenvalue weighted by Gasteiger charge is 2.49. The third-order valence-electron chi connectivity index (χ3n) is 6.65. The number of nitrogens with zero attached hydrogens (tertiary/aromatic N) is 5. The minimum Gasteiger partial charge on any atom is -0.478 e. The van der Waals surface area contributed by atoms with Crippen molar-refractivity contribution in [3.63, 3.8) is 0 Å². The number of ether oxygens (including phenoxy) is 1. The second kappa shape index (κ2) is 10.5. The molecule has 2 atom stereocenters. The van der Waals surface area contributed by atoms with E-state index in [2.05, 4.69) is 32.4 Å². The largest absolute Gasteiger partial charge is 0.478 e. The number of rotatable bonds is 9. The van der Waals surface area contributed by atoms with Crippen molar-refractivity contribution in [2.24, 2.45) is 0 Å². The lowest BCUT2D eigenvalue weighted by Gasteiger charge is -2.46. The zero-order valence-corrected chi connectivity index (χ0v) is 21.2. The number of halogens is 1. The maximum absolute atomic E-state index is 13.2. The number of likely N-dealkylation sites (tertiary alicyclic amines) is 1. The Balaban J connectivity index is 1.19. The van der Waals surface area contributed by atoms with Crippen molar-refractivity contribution in [1.29, 1.82) is 0 Å². The smallest absolute Gasteiger partial charge is 0.266 e. The highest BCUT2D eigenvalue weighted by Crippen LogP contribution is 2.38. The summed E-state index contributed by atoms with van der Waals surface area (Å²) in [6, 6.07) is 26.9. The molecule has 1 aliphatic rings. The summed E-state index contributed by atoms with van der Waals surface area (Å²) in [5.74, 6) is 1.28. The monoisotopic (exact) mass is 524 g/mol. The van der Waals surface area contributed by atoms with Gasteiger partial charge >= 0.3 is 0 Å². The van der Waals surface area contributed by atoms with E-state index in [0.717, 1.165) is 11.1 Å². The standard InChI is InChI=1S/C29H25ClN6O2/c30-22-13-11-21(12-14-22)25-26(38-23-9-5-2-6-10-23)29(37)36(25)16-15-35-19-34-24-27(32-18-33-28(24)35)31-17-20-7-3-1-4-8-20/h1-14,18-19,25-26H,15-17H2,(H,31,32,33). The number of carbonyl (C=O) groups excluding carboxylic acids is 1. The molecule has 1 N–H and O–H groups in total. The molecule has 1 saturated heterocycles. The van der Waals surface area contributed by atoms with Gasteiger partial charge in [-0.05, 0) is 35.4 Å². The number of β-lactam (4-membered cyclic amide) rings is 1. The molecular weight excluding hydrogens is 500 g/mol. The molecule has 0 radical (unpaired) electrons. The van der Waals surface area contributed by atoms with Crippen molar-refractivity contribution in [2.75, 3.05) is 11.9 Å². The van der Waals surface area contributed by atoms with Gasteiger partial charge in [0.1, 0.15) is 23.6 Å². The fraction of sp³-hybridized carbons (Fsp3) is 0.172. The van der Waals surface area contributed by atoms with E-state index in [1.54, 1.807) is 6.33 Å². The number of fused-ring (bicyclic) bond motifs is 1. The zero-order chi connectivity index (χ0) is 25.9. The Morgan fingerprint density at radius 2 is 1.61 bits per heavy atom. The predicted molar refractivity (Wildman–Crippen MR) is 146 cm³/mol. The normalized spacial score (nSPS) is 16.9. The van der Waals surface area contributed by atoms with Gasteiger partial charge in [-0.2, -0.15) is 0 Å². The van der Waals surface area contributed by atoms with Crippen molar-refractivity contribution >= 4 is 34.5 Å². The van der Waals surface area contributed by atoms with Gasteiger partial charge in [-0.3, -0.25) is 4.79 Å². The van der Waals surface area contributed by atoms with E-state index >= 15 is 0 Å². The molecule has 0 spiro atoms. The van der Waals surface area contributed by atoms with Crippen molar-refractivity contribution in [1.82, 2.24) is 24.4 Å². The second-order valence-electron chi connectivity index (χ2n) is 9.05. The number of nitrogens with one attached hydrogen (secondary N) is 1. The van der Waals surface area contributed by atoms with Gasteiger partial charge in [0.05, 0.1) is 6.33 Å². The molecule has 0 bridgehead atoms. The zero-order valence-electron chi connectivity index (χ0n) is 20.4. The van der Waals surface area contributed by atoms with Gasteiger partial charge in [0.25, 0.3) is 5.91 Å². The highest BCUT2D eigenvalue weighted by atomic mass is 35.5. The van der Waals surface area contributed by atoms with Crippen LogP contribution in [0.3, 0.4) is 0 Å². The molecule has 6 rings (SSSR count). The molecular formula is C29H25ClN6O2. The van der Waals surface area contributed by atoms with Crippen LogP contribution in [0.5, 0.6) is 5.75 Å². The lowest BCUT2D eigenvalue weighted by molar-refractivity contribution is -0.164. The van der Waals surface area contributed by atoms with Crippen molar-refractivity contribution in [2.45, 2.75) is 25.2 Å². The van der Waals surface area contributed by atoms with Crippen LogP contribution in [0.1, 0.15) is 17.2 Å². The number of hydrogen-bond donors (Lipinski definition) is 1. The third-order valence-corrected chi connectivity index (χ3v) is 6.90. The SMILES string of the molecule is O=C1C(Oc2ccccc2)C(c2ccc(Cl)cc2)N1CCn1cnc2c(NCc3ccccc3)ncnc21. The fourth-order valence-electron chi connectivity index (χ4n) is 4.71. The molecule has 1 aliphatic heterocycles. The molecule has 0 saturated carbocycles. The predicted octanol–water partition coefficient (Wildman–Crippen LogP) is 5.12. The number of hydrogen-bond acceptors (Lipinski definition) is 6. The van der Waals surface area contributed by atoms with Gasteiger partial charge in [-0.15, -0.1) is 0 Å². The number of carbonyl (C=O) groups is 1. The molecule has 5 aromatic rings. The summed E-state index contributed by atoms with van der Waals surface area (Å²) in [5, 5.41) is 4.00. The molecule has 190 valence electrons. The number of benzene rings is 3. The van der Waals surface area contributed by atoms with Crippen LogP contribution in [0.4, 0.5) is 5.82 Å². The van der Waals surface area contributed by atoms with Crippen molar-refractivity contribution in [3.8, 4) is 5.75 Å². The van der Waals surface area contributed by atoms with Gasteiger partial charge in [0, 0.05) is 24.7 Å². The van der Waals surface area contributed by atoms with Gasteiger partial charge in [0.2, 0.25) is 6.10 Å². The van der Waals surface area contributed by atoms with Gasteiger partial charge in [0.15, 0.2) is 11.5 Å². The molecule has 9 heteroatoms.